The number of carbonyl (C=O) groups is 1. The predicted molar refractivity (Wildman–Crippen MR) is 142 cm³/mol. The normalized spacial score (nSPS) is 23.4. The lowest BCUT2D eigenvalue weighted by Crippen LogP contribution is -2.45. The van der Waals surface area contributed by atoms with Crippen LogP contribution in [0.3, 0.4) is 0 Å². The van der Waals surface area contributed by atoms with Crippen LogP contribution in [0.4, 0.5) is 0 Å². The largest absolute Gasteiger partial charge is 0.465 e. The van der Waals surface area contributed by atoms with Gasteiger partial charge >= 0.3 is 5.97 Å². The average Bonchev–Trinajstić information content (AvgIpc) is 3.63. The number of ether oxygens (including phenoxy) is 2. The molecule has 1 aromatic heterocycles. The highest BCUT2D eigenvalue weighted by Crippen LogP contribution is 2.47. The molecule has 194 valence electrons. The Morgan fingerprint density at radius 1 is 1.03 bits per heavy atom. The Morgan fingerprint density at radius 2 is 1.70 bits per heavy atom. The highest BCUT2D eigenvalue weighted by atomic mass is 35.5. The Morgan fingerprint density at radius 3 is 2.32 bits per heavy atom. The quantitative estimate of drug-likeness (QED) is 0.286. The molecule has 3 heterocycles. The minimum absolute atomic E-state index is 0.219. The van der Waals surface area contributed by atoms with Crippen LogP contribution in [-0.2, 0) is 22.6 Å². The van der Waals surface area contributed by atoms with Crippen molar-refractivity contribution < 1.29 is 18.8 Å². The van der Waals surface area contributed by atoms with Gasteiger partial charge < -0.3 is 14.0 Å². The van der Waals surface area contributed by atoms with Gasteiger partial charge in [-0.1, -0.05) is 46.6 Å². The maximum absolute atomic E-state index is 11.7. The first-order valence-electron chi connectivity index (χ1n) is 13.0. The number of aromatic nitrogens is 1. The molecule has 2 bridgehead atoms. The molecule has 2 atom stereocenters. The van der Waals surface area contributed by atoms with Gasteiger partial charge in [0.25, 0.3) is 0 Å². The minimum atomic E-state index is -0.325. The van der Waals surface area contributed by atoms with E-state index in [4.69, 9.17) is 37.2 Å². The van der Waals surface area contributed by atoms with Gasteiger partial charge in [-0.15, -0.1) is 0 Å². The van der Waals surface area contributed by atoms with E-state index in [1.54, 1.807) is 12.1 Å². The van der Waals surface area contributed by atoms with Gasteiger partial charge in [-0.3, -0.25) is 4.90 Å². The summed E-state index contributed by atoms with van der Waals surface area (Å²) in [5.74, 6) is 1.12. The van der Waals surface area contributed by atoms with Crippen molar-refractivity contribution >= 4 is 29.2 Å². The van der Waals surface area contributed by atoms with Crippen LogP contribution in [0.25, 0.3) is 11.3 Å². The molecular formula is C29H30Cl2N2O4. The molecule has 0 N–H and O–H groups in total. The molecule has 2 aromatic carbocycles. The molecule has 3 aromatic rings. The highest BCUT2D eigenvalue weighted by molar-refractivity contribution is 6.39. The summed E-state index contributed by atoms with van der Waals surface area (Å²) in [6.07, 6.45) is 6.85. The first-order valence-corrected chi connectivity index (χ1v) is 13.7. The molecule has 6 rings (SSSR count). The lowest BCUT2D eigenvalue weighted by atomic mass is 9.97. The fourth-order valence-corrected chi connectivity index (χ4v) is 6.51. The van der Waals surface area contributed by atoms with E-state index in [-0.39, 0.29) is 12.1 Å². The van der Waals surface area contributed by atoms with Crippen molar-refractivity contribution in [2.45, 2.75) is 75.8 Å². The predicted octanol–water partition coefficient (Wildman–Crippen LogP) is 7.02. The summed E-state index contributed by atoms with van der Waals surface area (Å²) in [6, 6.07) is 13.9. The molecule has 2 aliphatic heterocycles. The van der Waals surface area contributed by atoms with E-state index < -0.39 is 0 Å². The van der Waals surface area contributed by atoms with E-state index in [0.717, 1.165) is 60.4 Å². The van der Waals surface area contributed by atoms with E-state index in [0.29, 0.717) is 40.2 Å². The van der Waals surface area contributed by atoms with Crippen molar-refractivity contribution in [1.82, 2.24) is 10.1 Å². The third-order valence-electron chi connectivity index (χ3n) is 8.01. The zero-order chi connectivity index (χ0) is 25.5. The Kier molecular flexibility index (Phi) is 7.01. The van der Waals surface area contributed by atoms with Gasteiger partial charge in [-0.05, 0) is 68.4 Å². The topological polar surface area (TPSA) is 64.8 Å². The summed E-state index contributed by atoms with van der Waals surface area (Å²) in [5.41, 5.74) is 4.29. The number of nitrogens with zero attached hydrogens (tertiary/aromatic N) is 2. The van der Waals surface area contributed by atoms with E-state index in [2.05, 4.69) is 10.1 Å². The number of rotatable bonds is 8. The Balaban J connectivity index is 1.15. The molecule has 2 saturated heterocycles. The van der Waals surface area contributed by atoms with Crippen molar-refractivity contribution in [2.75, 3.05) is 7.11 Å². The first kappa shape index (κ1) is 24.9. The van der Waals surface area contributed by atoms with Gasteiger partial charge in [-0.2, -0.15) is 0 Å². The molecule has 3 aliphatic rings. The molecule has 0 radical (unpaired) electrons. The van der Waals surface area contributed by atoms with Crippen LogP contribution in [0.1, 0.15) is 71.7 Å². The molecular weight excluding hydrogens is 511 g/mol. The third kappa shape index (κ3) is 5.05. The van der Waals surface area contributed by atoms with Gasteiger partial charge in [0.2, 0.25) is 0 Å². The van der Waals surface area contributed by atoms with Crippen LogP contribution in [0, 0.1) is 0 Å². The zero-order valence-electron chi connectivity index (χ0n) is 20.8. The summed E-state index contributed by atoms with van der Waals surface area (Å²) in [6.45, 7) is 1.33. The molecule has 3 fully saturated rings. The van der Waals surface area contributed by atoms with Crippen LogP contribution in [0.15, 0.2) is 47.0 Å². The van der Waals surface area contributed by atoms with Crippen molar-refractivity contribution in [3.05, 3.63) is 75.0 Å². The third-order valence-corrected chi connectivity index (χ3v) is 8.64. The number of methoxy groups -OCH3 is 1. The van der Waals surface area contributed by atoms with E-state index in [1.165, 1.54) is 20.0 Å². The van der Waals surface area contributed by atoms with Crippen molar-refractivity contribution in [2.24, 2.45) is 0 Å². The summed E-state index contributed by atoms with van der Waals surface area (Å²) < 4.78 is 17.0. The Bertz CT molecular complexity index is 1250. The smallest absolute Gasteiger partial charge is 0.337 e. The number of hydrogen-bond donors (Lipinski definition) is 0. The van der Waals surface area contributed by atoms with Crippen molar-refractivity contribution in [3.8, 4) is 11.3 Å². The number of fused-ring (bicyclic) bond motifs is 2. The number of esters is 1. The van der Waals surface area contributed by atoms with Crippen molar-refractivity contribution in [3.63, 3.8) is 0 Å². The molecule has 8 heteroatoms. The van der Waals surface area contributed by atoms with E-state index in [1.807, 2.05) is 30.3 Å². The lowest BCUT2D eigenvalue weighted by Gasteiger charge is -2.39. The zero-order valence-corrected chi connectivity index (χ0v) is 22.3. The van der Waals surface area contributed by atoms with Crippen LogP contribution in [-0.4, -0.2) is 41.3 Å². The standard InChI is InChI=1S/C29H30Cl2N2O4/c1-35-29(34)19-7-5-17(6-8-19)16-36-22-13-20-11-12-21(14-22)33(20)15-23-27(32-37-28(23)18-9-10-18)26-24(30)3-2-4-25(26)31/h2-8,18,20-22H,9-16H2,1H3. The summed E-state index contributed by atoms with van der Waals surface area (Å²) in [5, 5.41) is 5.67. The van der Waals surface area contributed by atoms with Gasteiger partial charge in [0.1, 0.15) is 11.5 Å². The summed E-state index contributed by atoms with van der Waals surface area (Å²) in [4.78, 5) is 14.3. The molecule has 37 heavy (non-hydrogen) atoms. The van der Waals surface area contributed by atoms with Gasteiger partial charge in [-0.25, -0.2) is 4.79 Å². The Labute approximate surface area is 226 Å². The SMILES string of the molecule is COC(=O)c1ccc(COC2CC3CCC(C2)N3Cc2c(-c3c(Cl)cccc3Cl)noc2C2CC2)cc1. The van der Waals surface area contributed by atoms with Gasteiger partial charge in [0.05, 0.1) is 35.4 Å². The van der Waals surface area contributed by atoms with Crippen LogP contribution < -0.4 is 0 Å². The first-order chi connectivity index (χ1) is 18.0. The monoisotopic (exact) mass is 540 g/mol. The molecule has 1 saturated carbocycles. The van der Waals surface area contributed by atoms with Crippen LogP contribution in [0.5, 0.6) is 0 Å². The number of benzene rings is 2. The highest BCUT2D eigenvalue weighted by Gasteiger charge is 2.43. The Hall–Kier alpha value is -2.38. The van der Waals surface area contributed by atoms with Crippen molar-refractivity contribution in [1.29, 1.82) is 0 Å². The van der Waals surface area contributed by atoms with Crippen LogP contribution in [0.2, 0.25) is 10.0 Å². The van der Waals surface area contributed by atoms with E-state index >= 15 is 0 Å². The average molecular weight is 541 g/mol. The summed E-state index contributed by atoms with van der Waals surface area (Å²) >= 11 is 13.1. The molecule has 0 spiro atoms. The number of halogens is 2. The second-order valence-corrected chi connectivity index (χ2v) is 11.2. The van der Waals surface area contributed by atoms with E-state index in [9.17, 15) is 4.79 Å². The summed E-state index contributed by atoms with van der Waals surface area (Å²) in [7, 11) is 1.39. The van der Waals surface area contributed by atoms with Gasteiger partial charge in [0, 0.05) is 35.7 Å². The fraction of sp³-hybridized carbons (Fsp3) is 0.448. The number of hydrogen-bond acceptors (Lipinski definition) is 6. The second-order valence-electron chi connectivity index (χ2n) is 10.4. The minimum Gasteiger partial charge on any atom is -0.465 e. The molecule has 6 nitrogen and oxygen atoms in total. The maximum Gasteiger partial charge on any atom is 0.337 e. The second kappa shape index (κ2) is 10.4. The molecule has 2 unspecified atom stereocenters. The van der Waals surface area contributed by atoms with Crippen LogP contribution >= 0.6 is 23.2 Å². The maximum atomic E-state index is 11.7. The van der Waals surface area contributed by atoms with Gasteiger partial charge in [0.15, 0.2) is 0 Å². The molecule has 0 amide bonds. The number of piperidine rings is 1. The number of carbonyl (C=O) groups excluding carboxylic acids is 1. The molecule has 1 aliphatic carbocycles. The fourth-order valence-electron chi connectivity index (χ4n) is 5.93. The lowest BCUT2D eigenvalue weighted by molar-refractivity contribution is -0.0306.